The van der Waals surface area contributed by atoms with Gasteiger partial charge in [-0.15, -0.1) is 0 Å². The van der Waals surface area contributed by atoms with Crippen molar-refractivity contribution in [3.05, 3.63) is 50.2 Å². The number of ketones is 1. The fourth-order valence-electron chi connectivity index (χ4n) is 2.49. The molecule has 0 spiro atoms. The van der Waals surface area contributed by atoms with Crippen molar-refractivity contribution in [1.29, 1.82) is 0 Å². The lowest BCUT2D eigenvalue weighted by Crippen LogP contribution is -2.24. The minimum Gasteiger partial charge on any atom is -0.358 e. The molecule has 0 unspecified atom stereocenters. The van der Waals surface area contributed by atoms with Crippen LogP contribution in [0.2, 0.25) is 0 Å². The van der Waals surface area contributed by atoms with Crippen LogP contribution in [0.4, 0.5) is 17.1 Å². The van der Waals surface area contributed by atoms with Gasteiger partial charge in [0.05, 0.1) is 21.6 Å². The van der Waals surface area contributed by atoms with Crippen molar-refractivity contribution in [2.75, 3.05) is 5.32 Å². The highest BCUT2D eigenvalue weighted by Gasteiger charge is 2.28. The Hall–Kier alpha value is -2.77. The molecule has 0 heterocycles. The van der Waals surface area contributed by atoms with E-state index >= 15 is 0 Å². The Kier molecular flexibility index (Phi) is 3.94. The third-order valence-corrected chi connectivity index (χ3v) is 3.29. The highest BCUT2D eigenvalue weighted by Crippen LogP contribution is 2.35. The number of nitrogens with one attached hydrogen (secondary N) is 1. The van der Waals surface area contributed by atoms with E-state index in [1.54, 1.807) is 0 Å². The molecule has 0 aromatic heterocycles. The molecule has 22 heavy (non-hydrogen) atoms. The third kappa shape index (κ3) is 3.66. The van der Waals surface area contributed by atoms with Crippen molar-refractivity contribution >= 4 is 22.8 Å². The minimum absolute atomic E-state index is 0.0429. The molecule has 0 saturated heterocycles. The molecule has 1 aromatic rings. The standard InChI is InChI=1S/C14H15N3O5/c1-14(2)7-10(5-13(18)8-14)15-9-3-11(16(19)20)6-12(4-9)17(21)22/h3-6,15H,7-8H2,1-2H3. The summed E-state index contributed by atoms with van der Waals surface area (Å²) in [5.41, 5.74) is -0.160. The first kappa shape index (κ1) is 15.6. The quantitative estimate of drug-likeness (QED) is 0.674. The van der Waals surface area contributed by atoms with Gasteiger partial charge in [0.2, 0.25) is 0 Å². The van der Waals surface area contributed by atoms with E-state index in [0.29, 0.717) is 18.5 Å². The Balaban J connectivity index is 2.35. The molecule has 0 atom stereocenters. The number of anilines is 1. The van der Waals surface area contributed by atoms with Crippen molar-refractivity contribution in [2.24, 2.45) is 5.41 Å². The lowest BCUT2D eigenvalue weighted by atomic mass is 9.79. The van der Waals surface area contributed by atoms with Crippen molar-refractivity contribution in [3.63, 3.8) is 0 Å². The fraction of sp³-hybridized carbons (Fsp3) is 0.357. The van der Waals surface area contributed by atoms with Crippen LogP contribution in [-0.2, 0) is 4.79 Å². The Bertz CT molecular complexity index is 661. The smallest absolute Gasteiger partial charge is 0.278 e. The van der Waals surface area contributed by atoms with Crippen LogP contribution in [0.3, 0.4) is 0 Å². The molecular formula is C14H15N3O5. The van der Waals surface area contributed by atoms with Crippen LogP contribution in [0, 0.1) is 25.6 Å². The fourth-order valence-corrected chi connectivity index (χ4v) is 2.49. The van der Waals surface area contributed by atoms with Crippen molar-refractivity contribution in [2.45, 2.75) is 26.7 Å². The molecule has 1 aliphatic carbocycles. The van der Waals surface area contributed by atoms with Gasteiger partial charge in [0.25, 0.3) is 11.4 Å². The highest BCUT2D eigenvalue weighted by molar-refractivity contribution is 5.92. The molecule has 1 N–H and O–H groups in total. The number of hydrogen-bond acceptors (Lipinski definition) is 6. The summed E-state index contributed by atoms with van der Waals surface area (Å²) in [6.07, 6.45) is 2.44. The summed E-state index contributed by atoms with van der Waals surface area (Å²) < 4.78 is 0. The number of non-ortho nitro benzene ring substituents is 2. The topological polar surface area (TPSA) is 115 Å². The van der Waals surface area contributed by atoms with E-state index in [0.717, 1.165) is 6.07 Å². The summed E-state index contributed by atoms with van der Waals surface area (Å²) >= 11 is 0. The molecule has 1 aliphatic rings. The van der Waals surface area contributed by atoms with Crippen LogP contribution < -0.4 is 5.32 Å². The number of benzene rings is 1. The normalized spacial score (nSPS) is 16.8. The van der Waals surface area contributed by atoms with Gasteiger partial charge in [-0.05, 0) is 11.8 Å². The SMILES string of the molecule is CC1(C)CC(=O)C=C(Nc2cc([N+](=O)[O-])cc([N+](=O)[O-])c2)C1. The van der Waals surface area contributed by atoms with Gasteiger partial charge in [0.1, 0.15) is 0 Å². The first-order valence-electron chi connectivity index (χ1n) is 6.61. The molecule has 0 fully saturated rings. The van der Waals surface area contributed by atoms with Crippen LogP contribution >= 0.6 is 0 Å². The molecule has 1 aromatic carbocycles. The summed E-state index contributed by atoms with van der Waals surface area (Å²) in [5, 5.41) is 24.6. The van der Waals surface area contributed by atoms with Gasteiger partial charge < -0.3 is 5.32 Å². The second kappa shape index (κ2) is 5.55. The number of allylic oxidation sites excluding steroid dienone is 2. The zero-order valence-corrected chi connectivity index (χ0v) is 12.2. The van der Waals surface area contributed by atoms with E-state index in [-0.39, 0.29) is 28.3 Å². The number of carbonyl (C=O) groups excluding carboxylic acids is 1. The predicted octanol–water partition coefficient (Wildman–Crippen LogP) is 3.19. The van der Waals surface area contributed by atoms with Gasteiger partial charge in [-0.1, -0.05) is 13.8 Å². The molecule has 0 aliphatic heterocycles. The molecule has 0 saturated carbocycles. The van der Waals surface area contributed by atoms with Crippen LogP contribution in [0.5, 0.6) is 0 Å². The van der Waals surface area contributed by atoms with Crippen LogP contribution in [0.15, 0.2) is 30.0 Å². The van der Waals surface area contributed by atoms with Crippen LogP contribution in [0.25, 0.3) is 0 Å². The summed E-state index contributed by atoms with van der Waals surface area (Å²) in [7, 11) is 0. The summed E-state index contributed by atoms with van der Waals surface area (Å²) in [6, 6.07) is 3.31. The third-order valence-electron chi connectivity index (χ3n) is 3.29. The Labute approximate surface area is 126 Å². The van der Waals surface area contributed by atoms with Gasteiger partial charge in [0, 0.05) is 30.3 Å². The maximum atomic E-state index is 11.7. The van der Waals surface area contributed by atoms with Crippen LogP contribution in [0.1, 0.15) is 26.7 Å². The molecular weight excluding hydrogens is 290 g/mol. The molecule has 0 radical (unpaired) electrons. The van der Waals surface area contributed by atoms with E-state index in [2.05, 4.69) is 5.32 Å². The molecule has 8 heteroatoms. The lowest BCUT2D eigenvalue weighted by molar-refractivity contribution is -0.394. The van der Waals surface area contributed by atoms with Gasteiger partial charge >= 0.3 is 0 Å². The van der Waals surface area contributed by atoms with E-state index in [4.69, 9.17) is 0 Å². The molecule has 0 amide bonds. The summed E-state index contributed by atoms with van der Waals surface area (Å²) in [6.45, 7) is 3.88. The Morgan fingerprint density at radius 1 is 1.05 bits per heavy atom. The summed E-state index contributed by atoms with van der Waals surface area (Å²) in [4.78, 5) is 32.0. The monoisotopic (exact) mass is 305 g/mol. The first-order chi connectivity index (χ1) is 10.2. The van der Waals surface area contributed by atoms with Gasteiger partial charge in [-0.3, -0.25) is 25.0 Å². The Morgan fingerprint density at radius 3 is 2.05 bits per heavy atom. The average molecular weight is 305 g/mol. The minimum atomic E-state index is -0.692. The number of nitro groups is 2. The second-order valence-electron chi connectivity index (χ2n) is 6.03. The number of nitrogens with zero attached hydrogens (tertiary/aromatic N) is 2. The lowest BCUT2D eigenvalue weighted by Gasteiger charge is -2.29. The Morgan fingerprint density at radius 2 is 1.59 bits per heavy atom. The zero-order chi connectivity index (χ0) is 16.5. The van der Waals surface area contributed by atoms with Crippen molar-refractivity contribution < 1.29 is 14.6 Å². The van der Waals surface area contributed by atoms with Crippen molar-refractivity contribution in [1.82, 2.24) is 0 Å². The summed E-state index contributed by atoms with van der Waals surface area (Å²) in [5.74, 6) is -0.0429. The largest absolute Gasteiger partial charge is 0.358 e. The van der Waals surface area contributed by atoms with Crippen molar-refractivity contribution in [3.8, 4) is 0 Å². The molecule has 0 bridgehead atoms. The van der Waals surface area contributed by atoms with Gasteiger partial charge in [-0.25, -0.2) is 0 Å². The number of carbonyl (C=O) groups is 1. The van der Waals surface area contributed by atoms with E-state index in [1.165, 1.54) is 18.2 Å². The van der Waals surface area contributed by atoms with Gasteiger partial charge in [-0.2, -0.15) is 0 Å². The van der Waals surface area contributed by atoms with E-state index in [1.807, 2.05) is 13.8 Å². The van der Waals surface area contributed by atoms with E-state index in [9.17, 15) is 25.0 Å². The maximum absolute atomic E-state index is 11.7. The zero-order valence-electron chi connectivity index (χ0n) is 12.2. The highest BCUT2D eigenvalue weighted by atomic mass is 16.6. The first-order valence-corrected chi connectivity index (χ1v) is 6.61. The molecule has 8 nitrogen and oxygen atoms in total. The van der Waals surface area contributed by atoms with Gasteiger partial charge in [0.15, 0.2) is 5.78 Å². The maximum Gasteiger partial charge on any atom is 0.278 e. The number of hydrogen-bond donors (Lipinski definition) is 1. The number of rotatable bonds is 4. The molecule has 116 valence electrons. The van der Waals surface area contributed by atoms with Crippen LogP contribution in [-0.4, -0.2) is 15.6 Å². The number of nitro benzene ring substituents is 2. The van der Waals surface area contributed by atoms with E-state index < -0.39 is 9.85 Å². The average Bonchev–Trinajstić information content (AvgIpc) is 2.35. The second-order valence-corrected chi connectivity index (χ2v) is 6.03. The molecule has 2 rings (SSSR count). The predicted molar refractivity (Wildman–Crippen MR) is 79.5 cm³/mol.